The standard InChI is InChI=1S/C25H24N4O5/c30-22(29-14-10-18(11-15-29)23(31)28-19-6-2-1-3-7-19)17-33-25(32)21-9-5-13-27-24(21)34-20-8-4-12-26-16-20/h1-9,12-13,16,18H,10-11,14-15,17H2,(H,28,31). The molecule has 1 aliphatic rings. The van der Waals surface area contributed by atoms with E-state index in [9.17, 15) is 14.4 Å². The molecule has 0 radical (unpaired) electrons. The van der Waals surface area contributed by atoms with Gasteiger partial charge in [0.2, 0.25) is 11.8 Å². The third kappa shape index (κ3) is 5.94. The quantitative estimate of drug-likeness (QED) is 0.539. The van der Waals surface area contributed by atoms with E-state index >= 15 is 0 Å². The van der Waals surface area contributed by atoms with Crippen LogP contribution in [0, 0.1) is 5.92 Å². The first kappa shape index (κ1) is 22.9. The van der Waals surface area contributed by atoms with Crippen molar-refractivity contribution in [1.82, 2.24) is 14.9 Å². The molecule has 1 saturated heterocycles. The van der Waals surface area contributed by atoms with Crippen molar-refractivity contribution >= 4 is 23.5 Å². The predicted molar refractivity (Wildman–Crippen MR) is 123 cm³/mol. The number of rotatable bonds is 7. The fraction of sp³-hybridized carbons (Fsp3) is 0.240. The van der Waals surface area contributed by atoms with Crippen molar-refractivity contribution < 1.29 is 23.9 Å². The maximum Gasteiger partial charge on any atom is 0.344 e. The molecule has 1 aliphatic heterocycles. The Hall–Kier alpha value is -4.27. The van der Waals surface area contributed by atoms with Gasteiger partial charge in [0.25, 0.3) is 5.91 Å². The molecule has 0 bridgehead atoms. The molecule has 0 unspecified atom stereocenters. The minimum atomic E-state index is -0.711. The molecule has 0 aliphatic carbocycles. The van der Waals surface area contributed by atoms with Crippen LogP contribution in [0.5, 0.6) is 11.6 Å². The summed E-state index contributed by atoms with van der Waals surface area (Å²) in [5, 5.41) is 2.90. The summed E-state index contributed by atoms with van der Waals surface area (Å²) in [6.07, 6.45) is 5.68. The van der Waals surface area contributed by atoms with Crippen LogP contribution in [0.2, 0.25) is 0 Å². The zero-order valence-corrected chi connectivity index (χ0v) is 18.4. The lowest BCUT2D eigenvalue weighted by atomic mass is 9.95. The first-order chi connectivity index (χ1) is 16.6. The molecule has 3 heterocycles. The second-order valence-electron chi connectivity index (χ2n) is 7.73. The number of esters is 1. The summed E-state index contributed by atoms with van der Waals surface area (Å²) in [5.74, 6) is -0.758. The third-order valence-electron chi connectivity index (χ3n) is 5.43. The lowest BCUT2D eigenvalue weighted by Crippen LogP contribution is -2.43. The van der Waals surface area contributed by atoms with Crippen LogP contribution >= 0.6 is 0 Å². The minimum Gasteiger partial charge on any atom is -0.452 e. The second kappa shape index (κ2) is 11.0. The molecule has 174 valence electrons. The van der Waals surface area contributed by atoms with Gasteiger partial charge in [-0.25, -0.2) is 9.78 Å². The number of anilines is 1. The Morgan fingerprint density at radius 3 is 2.47 bits per heavy atom. The number of aromatic nitrogens is 2. The van der Waals surface area contributed by atoms with Crippen molar-refractivity contribution in [3.63, 3.8) is 0 Å². The van der Waals surface area contributed by atoms with Gasteiger partial charge in [0, 0.05) is 37.1 Å². The Labute approximate surface area is 196 Å². The van der Waals surface area contributed by atoms with Gasteiger partial charge >= 0.3 is 5.97 Å². The van der Waals surface area contributed by atoms with Crippen molar-refractivity contribution in [2.75, 3.05) is 25.0 Å². The molecule has 2 aromatic heterocycles. The molecule has 0 saturated carbocycles. The Kier molecular flexibility index (Phi) is 7.44. The number of nitrogens with zero attached hydrogens (tertiary/aromatic N) is 3. The number of para-hydroxylation sites is 1. The van der Waals surface area contributed by atoms with Gasteiger partial charge in [-0.2, -0.15) is 0 Å². The van der Waals surface area contributed by atoms with Gasteiger partial charge in [-0.05, 0) is 49.2 Å². The van der Waals surface area contributed by atoms with Crippen molar-refractivity contribution in [1.29, 1.82) is 0 Å². The van der Waals surface area contributed by atoms with E-state index in [0.717, 1.165) is 5.69 Å². The lowest BCUT2D eigenvalue weighted by Gasteiger charge is -2.31. The van der Waals surface area contributed by atoms with E-state index in [-0.39, 0.29) is 29.2 Å². The maximum absolute atomic E-state index is 12.6. The highest BCUT2D eigenvalue weighted by molar-refractivity contribution is 5.94. The van der Waals surface area contributed by atoms with Gasteiger partial charge in [-0.15, -0.1) is 0 Å². The number of nitrogens with one attached hydrogen (secondary N) is 1. The molecule has 1 N–H and O–H groups in total. The first-order valence-corrected chi connectivity index (χ1v) is 10.9. The monoisotopic (exact) mass is 460 g/mol. The zero-order valence-electron chi connectivity index (χ0n) is 18.4. The van der Waals surface area contributed by atoms with E-state index in [1.165, 1.54) is 18.5 Å². The van der Waals surface area contributed by atoms with E-state index in [1.807, 2.05) is 30.3 Å². The highest BCUT2D eigenvalue weighted by atomic mass is 16.5. The Morgan fingerprint density at radius 1 is 0.971 bits per heavy atom. The van der Waals surface area contributed by atoms with Gasteiger partial charge < -0.3 is 19.7 Å². The number of piperidine rings is 1. The van der Waals surface area contributed by atoms with E-state index in [2.05, 4.69) is 15.3 Å². The van der Waals surface area contributed by atoms with Crippen LogP contribution in [0.25, 0.3) is 0 Å². The van der Waals surface area contributed by atoms with Gasteiger partial charge in [-0.1, -0.05) is 18.2 Å². The number of hydrogen-bond donors (Lipinski definition) is 1. The van der Waals surface area contributed by atoms with Crippen LogP contribution in [0.15, 0.2) is 73.2 Å². The predicted octanol–water partition coefficient (Wildman–Crippen LogP) is 3.30. The summed E-state index contributed by atoms with van der Waals surface area (Å²) in [7, 11) is 0. The van der Waals surface area contributed by atoms with Crippen LogP contribution in [-0.2, 0) is 14.3 Å². The van der Waals surface area contributed by atoms with Crippen LogP contribution in [0.1, 0.15) is 23.2 Å². The molecule has 3 aromatic rings. The summed E-state index contributed by atoms with van der Waals surface area (Å²) in [5.41, 5.74) is 0.857. The van der Waals surface area contributed by atoms with Crippen molar-refractivity contribution in [2.45, 2.75) is 12.8 Å². The fourth-order valence-corrected chi connectivity index (χ4v) is 3.60. The van der Waals surface area contributed by atoms with Crippen molar-refractivity contribution in [3.05, 3.63) is 78.8 Å². The van der Waals surface area contributed by atoms with Crippen molar-refractivity contribution in [3.8, 4) is 11.6 Å². The number of pyridine rings is 2. The number of carbonyl (C=O) groups is 3. The Balaban J connectivity index is 1.26. The van der Waals surface area contributed by atoms with Gasteiger partial charge in [0.1, 0.15) is 11.3 Å². The van der Waals surface area contributed by atoms with E-state index in [4.69, 9.17) is 9.47 Å². The molecular weight excluding hydrogens is 436 g/mol. The summed E-state index contributed by atoms with van der Waals surface area (Å²) in [6.45, 7) is 0.442. The topological polar surface area (TPSA) is 111 Å². The number of benzene rings is 1. The molecule has 4 rings (SSSR count). The first-order valence-electron chi connectivity index (χ1n) is 10.9. The minimum absolute atomic E-state index is 0.0533. The maximum atomic E-state index is 12.6. The third-order valence-corrected chi connectivity index (χ3v) is 5.43. The zero-order chi connectivity index (χ0) is 23.8. The smallest absolute Gasteiger partial charge is 0.344 e. The normalized spacial score (nSPS) is 13.7. The Morgan fingerprint density at radius 2 is 1.74 bits per heavy atom. The van der Waals surface area contributed by atoms with Gasteiger partial charge in [0.05, 0.1) is 6.20 Å². The van der Waals surface area contributed by atoms with Crippen molar-refractivity contribution in [2.24, 2.45) is 5.92 Å². The molecule has 0 atom stereocenters. The van der Waals surface area contributed by atoms with E-state index in [0.29, 0.717) is 31.7 Å². The van der Waals surface area contributed by atoms with Crippen LogP contribution in [-0.4, -0.2) is 52.3 Å². The number of hydrogen-bond acceptors (Lipinski definition) is 7. The lowest BCUT2D eigenvalue weighted by molar-refractivity contribution is -0.137. The summed E-state index contributed by atoms with van der Waals surface area (Å²) >= 11 is 0. The average molecular weight is 460 g/mol. The molecule has 2 amide bonds. The second-order valence-corrected chi connectivity index (χ2v) is 7.73. The average Bonchev–Trinajstić information content (AvgIpc) is 2.88. The summed E-state index contributed by atoms with van der Waals surface area (Å²) in [6, 6.07) is 15.8. The fourth-order valence-electron chi connectivity index (χ4n) is 3.60. The number of ether oxygens (including phenoxy) is 2. The molecule has 0 spiro atoms. The summed E-state index contributed by atoms with van der Waals surface area (Å²) in [4.78, 5) is 47.3. The number of carbonyl (C=O) groups excluding carboxylic acids is 3. The molecule has 1 fully saturated rings. The largest absolute Gasteiger partial charge is 0.452 e. The molecule has 9 heteroatoms. The SMILES string of the molecule is O=C(OCC(=O)N1CCC(C(=O)Nc2ccccc2)CC1)c1cccnc1Oc1cccnc1. The van der Waals surface area contributed by atoms with Crippen LogP contribution in [0.3, 0.4) is 0 Å². The van der Waals surface area contributed by atoms with Crippen LogP contribution in [0.4, 0.5) is 5.69 Å². The van der Waals surface area contributed by atoms with E-state index in [1.54, 1.807) is 29.3 Å². The Bertz CT molecular complexity index is 1130. The summed E-state index contributed by atoms with van der Waals surface area (Å²) < 4.78 is 10.9. The molecule has 1 aromatic carbocycles. The highest BCUT2D eigenvalue weighted by Gasteiger charge is 2.28. The van der Waals surface area contributed by atoms with Gasteiger partial charge in [-0.3, -0.25) is 14.6 Å². The molecule has 34 heavy (non-hydrogen) atoms. The highest BCUT2D eigenvalue weighted by Crippen LogP contribution is 2.23. The van der Waals surface area contributed by atoms with E-state index < -0.39 is 12.6 Å². The number of amides is 2. The number of likely N-dealkylation sites (tertiary alicyclic amines) is 1. The van der Waals surface area contributed by atoms with Gasteiger partial charge in [0.15, 0.2) is 6.61 Å². The molecular formula is C25H24N4O5. The van der Waals surface area contributed by atoms with Crippen LogP contribution < -0.4 is 10.1 Å². The molecule has 9 nitrogen and oxygen atoms in total.